The number of likely N-dealkylation sites (tertiary alicyclic amines) is 1. The molecule has 0 aromatic carbocycles. The van der Waals surface area contributed by atoms with Gasteiger partial charge in [-0.15, -0.1) is 0 Å². The van der Waals surface area contributed by atoms with E-state index in [9.17, 15) is 22.8 Å². The fraction of sp³-hybridized carbons (Fsp3) is 0.667. The van der Waals surface area contributed by atoms with E-state index in [1.54, 1.807) is 11.8 Å². The fourth-order valence-corrected chi connectivity index (χ4v) is 3.47. The summed E-state index contributed by atoms with van der Waals surface area (Å²) in [6, 6.07) is -0.710. The summed E-state index contributed by atoms with van der Waals surface area (Å²) < 4.78 is 38.3. The normalized spacial score (nSPS) is 16.6. The molecule has 2 rings (SSSR count). The van der Waals surface area contributed by atoms with Crippen molar-refractivity contribution >= 4 is 17.6 Å². The maximum atomic E-state index is 12.8. The number of rotatable bonds is 6. The number of anilines is 1. The molecule has 2 heterocycles. The molecule has 162 valence electrons. The summed E-state index contributed by atoms with van der Waals surface area (Å²) in [6.07, 6.45) is -1.97. The van der Waals surface area contributed by atoms with Crippen molar-refractivity contribution in [1.82, 2.24) is 20.2 Å². The van der Waals surface area contributed by atoms with E-state index in [-0.39, 0.29) is 17.4 Å². The van der Waals surface area contributed by atoms with E-state index in [1.807, 2.05) is 0 Å². The highest BCUT2D eigenvalue weighted by Crippen LogP contribution is 2.30. The molecule has 11 heteroatoms. The van der Waals surface area contributed by atoms with Crippen molar-refractivity contribution in [2.45, 2.75) is 51.7 Å². The third-order valence-corrected chi connectivity index (χ3v) is 5.12. The van der Waals surface area contributed by atoms with Gasteiger partial charge in [-0.2, -0.15) is 13.2 Å². The topological polar surface area (TPSA) is 121 Å². The van der Waals surface area contributed by atoms with E-state index in [2.05, 4.69) is 15.3 Å². The van der Waals surface area contributed by atoms with Crippen LogP contribution in [0.5, 0.6) is 0 Å². The number of hydrogen-bond donors (Lipinski definition) is 3. The summed E-state index contributed by atoms with van der Waals surface area (Å²) in [5, 5.41) is 11.2. The number of nitrogen functional groups attached to an aromatic ring is 1. The minimum atomic E-state index is -4.63. The van der Waals surface area contributed by atoms with Crippen LogP contribution in [0.1, 0.15) is 43.3 Å². The number of hydrogen-bond acceptors (Lipinski definition) is 6. The van der Waals surface area contributed by atoms with Gasteiger partial charge in [0.2, 0.25) is 17.6 Å². The highest BCUT2D eigenvalue weighted by molar-refractivity contribution is 5.87. The van der Waals surface area contributed by atoms with Crippen LogP contribution < -0.4 is 11.1 Å². The van der Waals surface area contributed by atoms with E-state index in [0.717, 1.165) is 12.8 Å². The zero-order valence-electron chi connectivity index (χ0n) is 16.4. The summed E-state index contributed by atoms with van der Waals surface area (Å²) in [5.41, 5.74) is 6.48. The van der Waals surface area contributed by atoms with Crippen molar-refractivity contribution in [3.8, 4) is 0 Å². The molecule has 2 amide bonds. The smallest absolute Gasteiger partial charge is 0.387 e. The van der Waals surface area contributed by atoms with Gasteiger partial charge in [0.1, 0.15) is 18.5 Å². The average molecular weight is 417 g/mol. The Balaban J connectivity index is 1.88. The van der Waals surface area contributed by atoms with Crippen molar-refractivity contribution in [1.29, 1.82) is 0 Å². The number of nitrogens with two attached hydrogens (primary N) is 1. The summed E-state index contributed by atoms with van der Waals surface area (Å²) >= 11 is 0. The zero-order chi connectivity index (χ0) is 21.8. The molecule has 1 aliphatic heterocycles. The average Bonchev–Trinajstić information content (AvgIpc) is 2.66. The Morgan fingerprint density at radius 1 is 1.31 bits per heavy atom. The lowest BCUT2D eigenvalue weighted by Crippen LogP contribution is -2.49. The number of alkyl halides is 3. The molecule has 0 spiro atoms. The standard InChI is InChI=1S/C18H26F3N5O3/c1-10-13(15(22)25-17(24-10)18(19,20)21)4-3-12-5-7-26(8-6-12)16(29)11(2)23-14(28)9-27/h11-12,27H,3-9H2,1-2H3,(H,23,28)(H2,22,24,25). The Hall–Kier alpha value is -2.43. The van der Waals surface area contributed by atoms with E-state index < -0.39 is 30.6 Å². The molecule has 0 bridgehead atoms. The minimum Gasteiger partial charge on any atom is -0.387 e. The molecule has 1 aromatic heterocycles. The van der Waals surface area contributed by atoms with Gasteiger partial charge in [0, 0.05) is 24.3 Å². The molecule has 0 radical (unpaired) electrons. The van der Waals surface area contributed by atoms with Crippen LogP contribution in [0.3, 0.4) is 0 Å². The number of amides is 2. The molecule has 1 aliphatic rings. The second-order valence-corrected chi connectivity index (χ2v) is 7.25. The van der Waals surface area contributed by atoms with Crippen LogP contribution in [-0.4, -0.2) is 57.5 Å². The van der Waals surface area contributed by atoms with Gasteiger partial charge in [0.25, 0.3) is 0 Å². The molecule has 0 aliphatic carbocycles. The van der Waals surface area contributed by atoms with Crippen LogP contribution in [0.2, 0.25) is 0 Å². The monoisotopic (exact) mass is 417 g/mol. The quantitative estimate of drug-likeness (QED) is 0.636. The SMILES string of the molecule is Cc1nc(C(F)(F)F)nc(N)c1CCC1CCN(C(=O)C(C)NC(=O)CO)CC1. The number of nitrogens with zero attached hydrogens (tertiary/aromatic N) is 3. The second-order valence-electron chi connectivity index (χ2n) is 7.25. The van der Waals surface area contributed by atoms with Gasteiger partial charge >= 0.3 is 6.18 Å². The Morgan fingerprint density at radius 3 is 2.45 bits per heavy atom. The van der Waals surface area contributed by atoms with Gasteiger partial charge < -0.3 is 21.1 Å². The number of halogens is 3. The van der Waals surface area contributed by atoms with Gasteiger partial charge in [0.15, 0.2) is 0 Å². The molecule has 1 aromatic rings. The first kappa shape index (κ1) is 22.9. The highest BCUT2D eigenvalue weighted by atomic mass is 19.4. The maximum absolute atomic E-state index is 12.8. The lowest BCUT2D eigenvalue weighted by Gasteiger charge is -2.33. The van der Waals surface area contributed by atoms with Crippen molar-refractivity contribution in [3.63, 3.8) is 0 Å². The number of aryl methyl sites for hydroxylation is 1. The summed E-state index contributed by atoms with van der Waals surface area (Å²) in [6.45, 7) is 3.45. The number of carbonyl (C=O) groups is 2. The van der Waals surface area contributed by atoms with Gasteiger partial charge in [-0.25, -0.2) is 9.97 Å². The summed E-state index contributed by atoms with van der Waals surface area (Å²) in [7, 11) is 0. The van der Waals surface area contributed by atoms with Gasteiger partial charge in [-0.3, -0.25) is 9.59 Å². The molecular weight excluding hydrogens is 391 g/mol. The lowest BCUT2D eigenvalue weighted by molar-refractivity contribution is -0.145. The Bertz CT molecular complexity index is 726. The second kappa shape index (κ2) is 9.38. The number of aliphatic hydroxyl groups excluding tert-OH is 1. The first-order valence-corrected chi connectivity index (χ1v) is 9.42. The fourth-order valence-electron chi connectivity index (χ4n) is 3.47. The third-order valence-electron chi connectivity index (χ3n) is 5.12. The first-order valence-electron chi connectivity index (χ1n) is 9.42. The zero-order valence-corrected chi connectivity index (χ0v) is 16.4. The van der Waals surface area contributed by atoms with Crippen molar-refractivity contribution in [2.75, 3.05) is 25.4 Å². The van der Waals surface area contributed by atoms with Crippen LogP contribution in [-0.2, 0) is 22.2 Å². The summed E-state index contributed by atoms with van der Waals surface area (Å²) in [4.78, 5) is 32.1. The number of aliphatic hydroxyl groups is 1. The maximum Gasteiger partial charge on any atom is 0.451 e. The van der Waals surface area contributed by atoms with E-state index in [4.69, 9.17) is 10.8 Å². The first-order chi connectivity index (χ1) is 13.5. The summed E-state index contributed by atoms with van der Waals surface area (Å²) in [5.74, 6) is -1.90. The third kappa shape index (κ3) is 6.02. The highest BCUT2D eigenvalue weighted by Gasteiger charge is 2.35. The largest absolute Gasteiger partial charge is 0.451 e. The molecular formula is C18H26F3N5O3. The van der Waals surface area contributed by atoms with Gasteiger partial charge in [-0.05, 0) is 45.4 Å². The van der Waals surface area contributed by atoms with Crippen LogP contribution in [0.15, 0.2) is 0 Å². The molecule has 1 atom stereocenters. The van der Waals surface area contributed by atoms with Gasteiger partial charge in [-0.1, -0.05) is 0 Å². The molecule has 1 unspecified atom stereocenters. The number of aromatic nitrogens is 2. The van der Waals surface area contributed by atoms with Crippen LogP contribution in [0, 0.1) is 12.8 Å². The van der Waals surface area contributed by atoms with E-state index >= 15 is 0 Å². The minimum absolute atomic E-state index is 0.147. The predicted molar refractivity (Wildman–Crippen MR) is 98.5 cm³/mol. The van der Waals surface area contributed by atoms with Crippen LogP contribution in [0.25, 0.3) is 0 Å². The van der Waals surface area contributed by atoms with Crippen LogP contribution in [0.4, 0.5) is 19.0 Å². The van der Waals surface area contributed by atoms with Crippen LogP contribution >= 0.6 is 0 Å². The Labute approximate surface area is 166 Å². The molecule has 1 fully saturated rings. The molecule has 8 nitrogen and oxygen atoms in total. The van der Waals surface area contributed by atoms with Crippen molar-refractivity contribution < 1.29 is 27.9 Å². The predicted octanol–water partition coefficient (Wildman–Crippen LogP) is 1.05. The van der Waals surface area contributed by atoms with E-state index in [1.165, 1.54) is 6.92 Å². The lowest BCUT2D eigenvalue weighted by atomic mass is 9.90. The number of carbonyl (C=O) groups excluding carboxylic acids is 2. The molecule has 4 N–H and O–H groups in total. The Morgan fingerprint density at radius 2 is 1.93 bits per heavy atom. The Kier molecular flexibility index (Phi) is 7.39. The molecule has 0 saturated carbocycles. The van der Waals surface area contributed by atoms with Gasteiger partial charge in [0.05, 0.1) is 0 Å². The number of nitrogens with one attached hydrogen (secondary N) is 1. The molecule has 1 saturated heterocycles. The van der Waals surface area contributed by atoms with Crippen molar-refractivity contribution in [2.24, 2.45) is 5.92 Å². The number of piperidine rings is 1. The van der Waals surface area contributed by atoms with Crippen molar-refractivity contribution in [3.05, 3.63) is 17.1 Å². The van der Waals surface area contributed by atoms with E-state index in [0.29, 0.717) is 37.4 Å². The molecule has 29 heavy (non-hydrogen) atoms.